The topological polar surface area (TPSA) is 12.5 Å². The molecule has 0 N–H and O–H groups in total. The zero-order valence-corrected chi connectivity index (χ0v) is 7.64. The predicted octanol–water partition coefficient (Wildman–Crippen LogP) is 2.26. The molecule has 2 nitrogen and oxygen atoms in total. The van der Waals surface area contributed by atoms with Gasteiger partial charge in [0.05, 0.1) is 6.61 Å². The van der Waals surface area contributed by atoms with Gasteiger partial charge in [0, 0.05) is 23.3 Å². The average molecular weight is 184 g/mol. The van der Waals surface area contributed by atoms with Crippen LogP contribution in [0.4, 0.5) is 5.69 Å². The summed E-state index contributed by atoms with van der Waals surface area (Å²) in [6.45, 7) is 1.27. The molecule has 0 fully saturated rings. The van der Waals surface area contributed by atoms with Gasteiger partial charge in [0.1, 0.15) is 6.73 Å². The summed E-state index contributed by atoms with van der Waals surface area (Å²) in [6, 6.07) is 5.91. The van der Waals surface area contributed by atoms with E-state index in [4.69, 9.17) is 16.3 Å². The minimum atomic E-state index is 0.624. The lowest BCUT2D eigenvalue weighted by Gasteiger charge is -2.27. The number of nitrogens with zero attached hydrogens (tertiary/aromatic N) is 1. The fourth-order valence-corrected chi connectivity index (χ4v) is 1.63. The second-order valence-electron chi connectivity index (χ2n) is 2.91. The molecule has 0 amide bonds. The largest absolute Gasteiger partial charge is 0.356 e. The molecule has 1 aromatic rings. The van der Waals surface area contributed by atoms with Crippen molar-refractivity contribution in [3.05, 3.63) is 28.8 Å². The molecular formula is C9H10ClNO. The molecule has 0 aromatic heterocycles. The average Bonchev–Trinajstić information content (AvgIpc) is 2.07. The fraction of sp³-hybridized carbons (Fsp3) is 0.333. The lowest BCUT2D eigenvalue weighted by molar-refractivity contribution is 0.114. The highest BCUT2D eigenvalue weighted by Crippen LogP contribution is 2.30. The summed E-state index contributed by atoms with van der Waals surface area (Å²) in [5.41, 5.74) is 2.27. The van der Waals surface area contributed by atoms with Gasteiger partial charge in [0.2, 0.25) is 0 Å². The molecule has 0 spiro atoms. The van der Waals surface area contributed by atoms with Crippen molar-refractivity contribution in [2.24, 2.45) is 0 Å². The Morgan fingerprint density at radius 2 is 2.33 bits per heavy atom. The molecule has 1 aliphatic heterocycles. The van der Waals surface area contributed by atoms with Crippen LogP contribution in [0.2, 0.25) is 5.02 Å². The third-order valence-corrected chi connectivity index (χ3v) is 2.39. The molecule has 0 saturated carbocycles. The number of hydrogen-bond donors (Lipinski definition) is 0. The molecule has 3 heteroatoms. The summed E-state index contributed by atoms with van der Waals surface area (Å²) in [6.07, 6.45) is 0. The van der Waals surface area contributed by atoms with Gasteiger partial charge >= 0.3 is 0 Å². The van der Waals surface area contributed by atoms with Crippen LogP contribution in [0, 0.1) is 0 Å². The molecule has 1 heterocycles. The minimum absolute atomic E-state index is 0.624. The summed E-state index contributed by atoms with van der Waals surface area (Å²) in [7, 11) is 1.99. The van der Waals surface area contributed by atoms with E-state index in [2.05, 4.69) is 6.07 Å². The minimum Gasteiger partial charge on any atom is -0.356 e. The van der Waals surface area contributed by atoms with Crippen molar-refractivity contribution in [1.82, 2.24) is 0 Å². The van der Waals surface area contributed by atoms with Crippen molar-refractivity contribution in [1.29, 1.82) is 0 Å². The first-order valence-corrected chi connectivity index (χ1v) is 4.23. The van der Waals surface area contributed by atoms with Gasteiger partial charge in [0.25, 0.3) is 0 Å². The molecule has 1 aromatic carbocycles. The van der Waals surface area contributed by atoms with Crippen molar-refractivity contribution in [2.45, 2.75) is 6.61 Å². The fourth-order valence-electron chi connectivity index (χ4n) is 1.40. The first-order valence-electron chi connectivity index (χ1n) is 3.85. The van der Waals surface area contributed by atoms with E-state index in [1.807, 2.05) is 24.1 Å². The lowest BCUT2D eigenvalue weighted by Crippen LogP contribution is -2.26. The Hall–Kier alpha value is -0.730. The van der Waals surface area contributed by atoms with Gasteiger partial charge in [-0.1, -0.05) is 17.7 Å². The quantitative estimate of drug-likeness (QED) is 0.612. The normalized spacial score (nSPS) is 16.0. The van der Waals surface area contributed by atoms with Crippen LogP contribution in [0.3, 0.4) is 0 Å². The van der Waals surface area contributed by atoms with Crippen LogP contribution < -0.4 is 4.90 Å². The van der Waals surface area contributed by atoms with Crippen molar-refractivity contribution in [3.63, 3.8) is 0 Å². The number of rotatable bonds is 0. The maximum Gasteiger partial charge on any atom is 0.119 e. The Kier molecular flexibility index (Phi) is 1.95. The Morgan fingerprint density at radius 3 is 3.08 bits per heavy atom. The number of anilines is 1. The maximum atomic E-state index is 6.00. The highest BCUT2D eigenvalue weighted by atomic mass is 35.5. The second-order valence-corrected chi connectivity index (χ2v) is 3.32. The summed E-state index contributed by atoms with van der Waals surface area (Å²) < 4.78 is 5.33. The molecule has 2 rings (SSSR count). The molecular weight excluding hydrogens is 174 g/mol. The monoisotopic (exact) mass is 183 g/mol. The Balaban J connectivity index is 2.52. The number of ether oxygens (including phenoxy) is 1. The first kappa shape index (κ1) is 7.90. The summed E-state index contributed by atoms with van der Waals surface area (Å²) in [5.74, 6) is 0. The van der Waals surface area contributed by atoms with Crippen LogP contribution in [0.25, 0.3) is 0 Å². The maximum absolute atomic E-state index is 6.00. The highest BCUT2D eigenvalue weighted by Gasteiger charge is 2.15. The van der Waals surface area contributed by atoms with Crippen molar-refractivity contribution in [3.8, 4) is 0 Å². The Labute approximate surface area is 76.7 Å². The third-order valence-electron chi connectivity index (χ3n) is 2.04. The van der Waals surface area contributed by atoms with E-state index in [1.54, 1.807) is 0 Å². The number of benzene rings is 1. The van der Waals surface area contributed by atoms with E-state index in [9.17, 15) is 0 Å². The van der Waals surface area contributed by atoms with Gasteiger partial charge in [-0.15, -0.1) is 0 Å². The van der Waals surface area contributed by atoms with E-state index in [1.165, 1.54) is 5.69 Å². The highest BCUT2D eigenvalue weighted by molar-refractivity contribution is 6.31. The SMILES string of the molecule is CN1COCc2c(Cl)cccc21. The summed E-state index contributed by atoms with van der Waals surface area (Å²) >= 11 is 6.00. The molecule has 0 atom stereocenters. The molecule has 0 aliphatic carbocycles. The van der Waals surface area contributed by atoms with Gasteiger partial charge in [-0.25, -0.2) is 0 Å². The van der Waals surface area contributed by atoms with Crippen LogP contribution in [-0.2, 0) is 11.3 Å². The van der Waals surface area contributed by atoms with E-state index >= 15 is 0 Å². The summed E-state index contributed by atoms with van der Waals surface area (Å²) in [5, 5.41) is 0.791. The smallest absolute Gasteiger partial charge is 0.119 e. The molecule has 0 radical (unpaired) electrons. The molecule has 1 aliphatic rings. The predicted molar refractivity (Wildman–Crippen MR) is 49.5 cm³/mol. The lowest BCUT2D eigenvalue weighted by atomic mass is 10.1. The van der Waals surface area contributed by atoms with Gasteiger partial charge < -0.3 is 9.64 Å². The standard InChI is InChI=1S/C9H10ClNO/c1-11-6-12-5-7-8(10)3-2-4-9(7)11/h2-4H,5-6H2,1H3. The van der Waals surface area contributed by atoms with E-state index in [0.29, 0.717) is 13.3 Å². The zero-order chi connectivity index (χ0) is 8.55. The van der Waals surface area contributed by atoms with E-state index in [-0.39, 0.29) is 0 Å². The second kappa shape index (κ2) is 2.96. The van der Waals surface area contributed by atoms with Crippen molar-refractivity contribution in [2.75, 3.05) is 18.7 Å². The van der Waals surface area contributed by atoms with Crippen LogP contribution in [0.1, 0.15) is 5.56 Å². The first-order chi connectivity index (χ1) is 5.79. The van der Waals surface area contributed by atoms with Gasteiger partial charge in [-0.3, -0.25) is 0 Å². The van der Waals surface area contributed by atoms with E-state index in [0.717, 1.165) is 10.6 Å². The van der Waals surface area contributed by atoms with Crippen molar-refractivity contribution >= 4 is 17.3 Å². The number of hydrogen-bond acceptors (Lipinski definition) is 2. The van der Waals surface area contributed by atoms with Gasteiger partial charge in [-0.2, -0.15) is 0 Å². The number of fused-ring (bicyclic) bond motifs is 1. The Bertz CT molecular complexity index is 301. The Morgan fingerprint density at radius 1 is 1.50 bits per heavy atom. The molecule has 0 unspecified atom stereocenters. The zero-order valence-electron chi connectivity index (χ0n) is 6.88. The van der Waals surface area contributed by atoms with Crippen molar-refractivity contribution < 1.29 is 4.74 Å². The molecule has 12 heavy (non-hydrogen) atoms. The molecule has 64 valence electrons. The molecule has 0 saturated heterocycles. The van der Waals surface area contributed by atoms with Crippen LogP contribution in [-0.4, -0.2) is 13.8 Å². The number of halogens is 1. The molecule has 0 bridgehead atoms. The van der Waals surface area contributed by atoms with Gasteiger partial charge in [-0.05, 0) is 12.1 Å². The van der Waals surface area contributed by atoms with Crippen LogP contribution >= 0.6 is 11.6 Å². The van der Waals surface area contributed by atoms with Gasteiger partial charge in [0.15, 0.2) is 0 Å². The third kappa shape index (κ3) is 1.17. The van der Waals surface area contributed by atoms with E-state index < -0.39 is 0 Å². The summed E-state index contributed by atoms with van der Waals surface area (Å²) in [4.78, 5) is 2.05. The van der Waals surface area contributed by atoms with Crippen LogP contribution in [0.5, 0.6) is 0 Å². The van der Waals surface area contributed by atoms with Crippen LogP contribution in [0.15, 0.2) is 18.2 Å².